The van der Waals surface area contributed by atoms with Crippen molar-refractivity contribution in [3.05, 3.63) is 34.6 Å². The maximum atomic E-state index is 5.53. The van der Waals surface area contributed by atoms with Crippen molar-refractivity contribution >= 4 is 21.8 Å². The Balaban J connectivity index is 2.84. The van der Waals surface area contributed by atoms with Gasteiger partial charge < -0.3 is 11.1 Å². The molecule has 0 atom stereocenters. The third kappa shape index (κ3) is 2.23. The molecule has 0 saturated heterocycles. The number of hydrogen-bond acceptors (Lipinski definition) is 2. The van der Waals surface area contributed by atoms with E-state index in [1.807, 2.05) is 18.4 Å². The number of aliphatic imine (C=N–C) groups is 1. The second-order valence-electron chi connectivity index (χ2n) is 2.22. The van der Waals surface area contributed by atoms with Crippen LogP contribution in [-0.2, 0) is 0 Å². The van der Waals surface area contributed by atoms with Crippen molar-refractivity contribution in [2.24, 2.45) is 10.7 Å². The molecule has 0 aliphatic carbocycles. The van der Waals surface area contributed by atoms with E-state index >= 15 is 0 Å². The SMILES string of the molecule is CN=C(N)/C=C1\NC=CC=C1Br. The van der Waals surface area contributed by atoms with Crippen molar-refractivity contribution in [3.63, 3.8) is 0 Å². The summed E-state index contributed by atoms with van der Waals surface area (Å²) in [7, 11) is 1.66. The van der Waals surface area contributed by atoms with Crippen LogP contribution in [0.2, 0.25) is 0 Å². The van der Waals surface area contributed by atoms with Gasteiger partial charge in [-0.05, 0) is 28.1 Å². The van der Waals surface area contributed by atoms with Gasteiger partial charge in [-0.2, -0.15) is 0 Å². The zero-order chi connectivity index (χ0) is 8.97. The molecule has 1 rings (SSSR count). The van der Waals surface area contributed by atoms with Crippen molar-refractivity contribution in [2.75, 3.05) is 7.05 Å². The third-order valence-corrected chi connectivity index (χ3v) is 2.08. The van der Waals surface area contributed by atoms with E-state index in [9.17, 15) is 0 Å². The van der Waals surface area contributed by atoms with Crippen LogP contribution in [0.1, 0.15) is 0 Å². The fourth-order valence-corrected chi connectivity index (χ4v) is 1.13. The van der Waals surface area contributed by atoms with Gasteiger partial charge in [0.2, 0.25) is 0 Å². The molecule has 0 aromatic heterocycles. The summed E-state index contributed by atoms with van der Waals surface area (Å²) in [4.78, 5) is 3.82. The van der Waals surface area contributed by atoms with Crippen LogP contribution < -0.4 is 11.1 Å². The molecular weight excluding hydrogens is 218 g/mol. The molecule has 0 saturated carbocycles. The number of halogens is 1. The zero-order valence-corrected chi connectivity index (χ0v) is 8.30. The molecule has 0 aromatic carbocycles. The first kappa shape index (κ1) is 9.06. The quantitative estimate of drug-likeness (QED) is 0.524. The predicted octanol–water partition coefficient (Wildman–Crippen LogP) is 1.25. The molecule has 0 bridgehead atoms. The minimum absolute atomic E-state index is 0.498. The van der Waals surface area contributed by atoms with Gasteiger partial charge in [0.1, 0.15) is 5.84 Å². The first-order valence-electron chi connectivity index (χ1n) is 3.47. The van der Waals surface area contributed by atoms with Crippen LogP contribution in [-0.4, -0.2) is 12.9 Å². The summed E-state index contributed by atoms with van der Waals surface area (Å²) in [6.07, 6.45) is 7.44. The van der Waals surface area contributed by atoms with Gasteiger partial charge in [-0.1, -0.05) is 0 Å². The van der Waals surface area contributed by atoms with Gasteiger partial charge in [0.15, 0.2) is 0 Å². The van der Waals surface area contributed by atoms with Gasteiger partial charge in [-0.3, -0.25) is 4.99 Å². The van der Waals surface area contributed by atoms with Gasteiger partial charge in [-0.15, -0.1) is 0 Å². The van der Waals surface area contributed by atoms with E-state index in [1.165, 1.54) is 0 Å². The fourth-order valence-electron chi connectivity index (χ4n) is 0.752. The number of nitrogens with one attached hydrogen (secondary N) is 1. The molecular formula is C8H10BrN3. The highest BCUT2D eigenvalue weighted by atomic mass is 79.9. The third-order valence-electron chi connectivity index (χ3n) is 1.39. The summed E-state index contributed by atoms with van der Waals surface area (Å²) >= 11 is 3.38. The van der Waals surface area contributed by atoms with E-state index in [1.54, 1.807) is 13.1 Å². The first-order valence-corrected chi connectivity index (χ1v) is 4.26. The van der Waals surface area contributed by atoms with Crippen molar-refractivity contribution in [3.8, 4) is 0 Å². The number of allylic oxidation sites excluding steroid dienone is 3. The van der Waals surface area contributed by atoms with Crippen molar-refractivity contribution in [1.82, 2.24) is 5.32 Å². The number of dihydropyridines is 1. The lowest BCUT2D eigenvalue weighted by atomic mass is 10.3. The van der Waals surface area contributed by atoms with Gasteiger partial charge in [0, 0.05) is 23.8 Å². The maximum absolute atomic E-state index is 5.53. The lowest BCUT2D eigenvalue weighted by molar-refractivity contribution is 1.09. The Morgan fingerprint density at radius 3 is 3.08 bits per heavy atom. The molecule has 1 aliphatic heterocycles. The second-order valence-corrected chi connectivity index (χ2v) is 3.08. The van der Waals surface area contributed by atoms with E-state index in [0.717, 1.165) is 10.2 Å². The van der Waals surface area contributed by atoms with Crippen LogP contribution >= 0.6 is 15.9 Å². The minimum Gasteiger partial charge on any atom is -0.384 e. The smallest absolute Gasteiger partial charge is 0.120 e. The summed E-state index contributed by atoms with van der Waals surface area (Å²) in [5, 5.41) is 3.04. The topological polar surface area (TPSA) is 50.4 Å². The molecule has 0 unspecified atom stereocenters. The fraction of sp³-hybridized carbons (Fsp3) is 0.125. The molecule has 3 N–H and O–H groups in total. The standard InChI is InChI=1S/C8H10BrN3/c1-11-8(10)5-7-6(9)3-2-4-12-7/h2-5,12H,1H3,(H2,10,11)/b7-5-. The van der Waals surface area contributed by atoms with Gasteiger partial charge in [0.05, 0.1) is 5.70 Å². The highest BCUT2D eigenvalue weighted by Crippen LogP contribution is 2.17. The Bertz CT molecular complexity index is 287. The van der Waals surface area contributed by atoms with E-state index in [4.69, 9.17) is 5.73 Å². The van der Waals surface area contributed by atoms with E-state index in [2.05, 4.69) is 26.2 Å². The molecule has 1 aliphatic rings. The molecule has 4 heteroatoms. The molecule has 0 fully saturated rings. The highest BCUT2D eigenvalue weighted by Gasteiger charge is 2.02. The Labute approximate surface area is 79.9 Å². The molecule has 0 aromatic rings. The van der Waals surface area contributed by atoms with Crippen LogP contribution in [0.15, 0.2) is 39.6 Å². The molecule has 12 heavy (non-hydrogen) atoms. The second kappa shape index (κ2) is 4.11. The molecule has 3 nitrogen and oxygen atoms in total. The predicted molar refractivity (Wildman–Crippen MR) is 54.9 cm³/mol. The summed E-state index contributed by atoms with van der Waals surface area (Å²) < 4.78 is 0.969. The van der Waals surface area contributed by atoms with E-state index in [-0.39, 0.29) is 0 Å². The van der Waals surface area contributed by atoms with Crippen molar-refractivity contribution < 1.29 is 0 Å². The Morgan fingerprint density at radius 1 is 1.75 bits per heavy atom. The van der Waals surface area contributed by atoms with Crippen LogP contribution in [0.4, 0.5) is 0 Å². The zero-order valence-electron chi connectivity index (χ0n) is 6.71. The lowest BCUT2D eigenvalue weighted by Gasteiger charge is -2.09. The summed E-state index contributed by atoms with van der Waals surface area (Å²) in [6.45, 7) is 0. The number of nitrogens with two attached hydrogens (primary N) is 1. The molecule has 0 amide bonds. The maximum Gasteiger partial charge on any atom is 0.120 e. The lowest BCUT2D eigenvalue weighted by Crippen LogP contribution is -2.14. The molecule has 0 radical (unpaired) electrons. The van der Waals surface area contributed by atoms with Gasteiger partial charge >= 0.3 is 0 Å². The molecule has 64 valence electrons. The van der Waals surface area contributed by atoms with E-state index in [0.29, 0.717) is 5.84 Å². The summed E-state index contributed by atoms with van der Waals surface area (Å²) in [5.74, 6) is 0.498. The largest absolute Gasteiger partial charge is 0.384 e. The molecule has 1 heterocycles. The van der Waals surface area contributed by atoms with E-state index < -0.39 is 0 Å². The number of nitrogens with zero attached hydrogens (tertiary/aromatic N) is 1. The van der Waals surface area contributed by atoms with Crippen LogP contribution in [0, 0.1) is 0 Å². The number of hydrogen-bond donors (Lipinski definition) is 2. The Kier molecular flexibility index (Phi) is 3.10. The van der Waals surface area contributed by atoms with Gasteiger partial charge in [-0.25, -0.2) is 0 Å². The number of amidine groups is 1. The Hall–Kier alpha value is -1.03. The summed E-state index contributed by atoms with van der Waals surface area (Å²) in [6, 6.07) is 0. The molecule has 0 spiro atoms. The number of rotatable bonds is 1. The van der Waals surface area contributed by atoms with Crippen LogP contribution in [0.3, 0.4) is 0 Å². The minimum atomic E-state index is 0.498. The first-order chi connectivity index (χ1) is 5.74. The normalized spacial score (nSPS) is 20.7. The summed E-state index contributed by atoms with van der Waals surface area (Å²) in [5.41, 5.74) is 6.44. The van der Waals surface area contributed by atoms with Crippen LogP contribution in [0.25, 0.3) is 0 Å². The van der Waals surface area contributed by atoms with Crippen molar-refractivity contribution in [1.29, 1.82) is 0 Å². The average Bonchev–Trinajstić information content (AvgIpc) is 2.09. The van der Waals surface area contributed by atoms with Crippen LogP contribution in [0.5, 0.6) is 0 Å². The van der Waals surface area contributed by atoms with Crippen molar-refractivity contribution in [2.45, 2.75) is 0 Å². The highest BCUT2D eigenvalue weighted by molar-refractivity contribution is 9.12. The van der Waals surface area contributed by atoms with Gasteiger partial charge in [0.25, 0.3) is 0 Å². The average molecular weight is 228 g/mol. The monoisotopic (exact) mass is 227 g/mol. The Morgan fingerprint density at radius 2 is 2.50 bits per heavy atom.